The van der Waals surface area contributed by atoms with Crippen LogP contribution in [0, 0.1) is 6.92 Å². The van der Waals surface area contributed by atoms with E-state index in [1.165, 1.54) is 23.1 Å². The number of nitrogens with one attached hydrogen (secondary N) is 2. The Labute approximate surface area is 147 Å². The van der Waals surface area contributed by atoms with Crippen LogP contribution in [-0.4, -0.2) is 21.6 Å². The molecule has 24 heavy (non-hydrogen) atoms. The van der Waals surface area contributed by atoms with Crippen molar-refractivity contribution in [2.75, 3.05) is 5.75 Å². The second-order valence-electron chi connectivity index (χ2n) is 5.46. The second-order valence-corrected chi connectivity index (χ2v) is 7.28. The third-order valence-electron chi connectivity index (χ3n) is 3.62. The van der Waals surface area contributed by atoms with Crippen LogP contribution in [0.2, 0.25) is 0 Å². The molecule has 0 aliphatic heterocycles. The van der Waals surface area contributed by atoms with Gasteiger partial charge in [-0.3, -0.25) is 9.59 Å². The number of carbonyl (C=O) groups excluding carboxylic acids is 1. The molecule has 0 aliphatic carbocycles. The topological polar surface area (TPSA) is 74.8 Å². The Kier molecular flexibility index (Phi) is 5.01. The van der Waals surface area contributed by atoms with Crippen LogP contribution in [0.15, 0.2) is 45.7 Å². The van der Waals surface area contributed by atoms with Gasteiger partial charge in [0.2, 0.25) is 5.91 Å². The minimum atomic E-state index is -0.153. The monoisotopic (exact) mass is 359 g/mol. The van der Waals surface area contributed by atoms with Crippen LogP contribution in [0.25, 0.3) is 10.2 Å². The molecule has 1 aromatic carbocycles. The van der Waals surface area contributed by atoms with Crippen LogP contribution < -0.4 is 10.9 Å². The molecular formula is C17H17N3O2S2. The highest BCUT2D eigenvalue weighted by Crippen LogP contribution is 2.22. The third-order valence-corrected chi connectivity index (χ3v) is 5.49. The zero-order valence-corrected chi connectivity index (χ0v) is 15.0. The maximum Gasteiger partial charge on any atom is 0.260 e. The number of carbonyl (C=O) groups is 1. The van der Waals surface area contributed by atoms with E-state index in [-0.39, 0.29) is 23.3 Å². The molecule has 124 valence electrons. The average molecular weight is 359 g/mol. The quantitative estimate of drug-likeness (QED) is 0.542. The molecule has 7 heteroatoms. The van der Waals surface area contributed by atoms with E-state index in [1.807, 2.05) is 49.6 Å². The van der Waals surface area contributed by atoms with Crippen LogP contribution in [-0.2, 0) is 4.79 Å². The summed E-state index contributed by atoms with van der Waals surface area (Å²) in [6.45, 7) is 3.83. The standard InChI is InChI=1S/C17H17N3O2S2/c1-10-8-23-16-14(10)15(22)19-17(20-16)24-9-13(21)18-11(2)12-6-4-3-5-7-12/h3-8,11H,9H2,1-2H3,(H,18,21)(H,19,20,22)/t11-/m1/s1. The Hall–Kier alpha value is -2.12. The molecule has 0 saturated heterocycles. The van der Waals surface area contributed by atoms with E-state index in [0.717, 1.165) is 11.1 Å². The van der Waals surface area contributed by atoms with Crippen LogP contribution in [0.5, 0.6) is 0 Å². The van der Waals surface area contributed by atoms with Gasteiger partial charge in [-0.15, -0.1) is 11.3 Å². The van der Waals surface area contributed by atoms with Gasteiger partial charge in [0.1, 0.15) is 4.83 Å². The summed E-state index contributed by atoms with van der Waals surface area (Å²) in [5, 5.41) is 5.96. The number of thiophene rings is 1. The number of fused-ring (bicyclic) bond motifs is 1. The number of hydrogen-bond acceptors (Lipinski definition) is 5. The fourth-order valence-corrected chi connectivity index (χ4v) is 4.03. The molecule has 0 radical (unpaired) electrons. The van der Waals surface area contributed by atoms with Crippen molar-refractivity contribution >= 4 is 39.2 Å². The Morgan fingerprint density at radius 2 is 2.12 bits per heavy atom. The molecule has 0 bridgehead atoms. The number of rotatable bonds is 5. The zero-order chi connectivity index (χ0) is 17.1. The Balaban J connectivity index is 1.63. The number of nitrogens with zero attached hydrogens (tertiary/aromatic N) is 1. The van der Waals surface area contributed by atoms with Crippen LogP contribution in [0.4, 0.5) is 0 Å². The molecule has 0 fully saturated rings. The van der Waals surface area contributed by atoms with Crippen molar-refractivity contribution in [1.29, 1.82) is 0 Å². The zero-order valence-electron chi connectivity index (χ0n) is 13.3. The van der Waals surface area contributed by atoms with Gasteiger partial charge in [-0.1, -0.05) is 42.1 Å². The van der Waals surface area contributed by atoms with E-state index in [2.05, 4.69) is 15.3 Å². The molecule has 0 unspecified atom stereocenters. The summed E-state index contributed by atoms with van der Waals surface area (Å²) in [6, 6.07) is 9.72. The van der Waals surface area contributed by atoms with Crippen molar-refractivity contribution in [2.45, 2.75) is 25.0 Å². The van der Waals surface area contributed by atoms with E-state index in [9.17, 15) is 9.59 Å². The van der Waals surface area contributed by atoms with E-state index >= 15 is 0 Å². The fraction of sp³-hybridized carbons (Fsp3) is 0.235. The molecule has 2 N–H and O–H groups in total. The van der Waals surface area contributed by atoms with Crippen LogP contribution >= 0.6 is 23.1 Å². The van der Waals surface area contributed by atoms with Crippen molar-refractivity contribution in [3.8, 4) is 0 Å². The predicted molar refractivity (Wildman–Crippen MR) is 98.7 cm³/mol. The summed E-state index contributed by atoms with van der Waals surface area (Å²) < 4.78 is 0. The number of aromatic amines is 1. The summed E-state index contributed by atoms with van der Waals surface area (Å²) in [7, 11) is 0. The Morgan fingerprint density at radius 3 is 2.88 bits per heavy atom. The molecule has 3 aromatic rings. The maximum absolute atomic E-state index is 12.1. The normalized spacial score (nSPS) is 12.2. The third kappa shape index (κ3) is 3.68. The van der Waals surface area contributed by atoms with Gasteiger partial charge in [-0.05, 0) is 30.4 Å². The SMILES string of the molecule is Cc1csc2nc(SCC(=O)N[C@H](C)c3ccccc3)[nH]c(=O)c12. The predicted octanol–water partition coefficient (Wildman–Crippen LogP) is 3.26. The summed E-state index contributed by atoms with van der Waals surface area (Å²) >= 11 is 2.67. The fourth-order valence-electron chi connectivity index (χ4n) is 2.38. The number of aryl methyl sites for hydroxylation is 1. The number of benzene rings is 1. The summed E-state index contributed by atoms with van der Waals surface area (Å²) in [5.41, 5.74) is 1.83. The average Bonchev–Trinajstić information content (AvgIpc) is 2.95. The first kappa shape index (κ1) is 16.7. The number of H-pyrrole nitrogens is 1. The molecule has 2 aromatic heterocycles. The first-order chi connectivity index (χ1) is 11.5. The highest BCUT2D eigenvalue weighted by atomic mass is 32.2. The Bertz CT molecular complexity index is 918. The van der Waals surface area contributed by atoms with E-state index < -0.39 is 0 Å². The van der Waals surface area contributed by atoms with Gasteiger partial charge in [0.15, 0.2) is 5.16 Å². The molecule has 0 aliphatic rings. The molecule has 3 rings (SSSR count). The van der Waals surface area contributed by atoms with Crippen molar-refractivity contribution in [1.82, 2.24) is 15.3 Å². The molecule has 0 saturated carbocycles. The van der Waals surface area contributed by atoms with Gasteiger partial charge in [0, 0.05) is 0 Å². The minimum Gasteiger partial charge on any atom is -0.349 e. The van der Waals surface area contributed by atoms with E-state index in [0.29, 0.717) is 15.4 Å². The van der Waals surface area contributed by atoms with E-state index in [1.54, 1.807) is 0 Å². The van der Waals surface area contributed by atoms with Crippen LogP contribution in [0.1, 0.15) is 24.1 Å². The number of hydrogen-bond donors (Lipinski definition) is 2. The molecule has 5 nitrogen and oxygen atoms in total. The first-order valence-electron chi connectivity index (χ1n) is 7.50. The van der Waals surface area contributed by atoms with Gasteiger partial charge in [0.25, 0.3) is 5.56 Å². The lowest BCUT2D eigenvalue weighted by molar-refractivity contribution is -0.119. The summed E-state index contributed by atoms with van der Waals surface area (Å²) in [5.74, 6) is 0.108. The molecule has 1 amide bonds. The van der Waals surface area contributed by atoms with Gasteiger partial charge >= 0.3 is 0 Å². The minimum absolute atomic E-state index is 0.0614. The smallest absolute Gasteiger partial charge is 0.260 e. The Morgan fingerprint density at radius 1 is 1.38 bits per heavy atom. The molecular weight excluding hydrogens is 342 g/mol. The van der Waals surface area contributed by atoms with Crippen molar-refractivity contribution in [3.63, 3.8) is 0 Å². The summed E-state index contributed by atoms with van der Waals surface area (Å²) in [4.78, 5) is 32.0. The van der Waals surface area contributed by atoms with Crippen molar-refractivity contribution in [3.05, 3.63) is 57.2 Å². The number of amides is 1. The van der Waals surface area contributed by atoms with Crippen LogP contribution in [0.3, 0.4) is 0 Å². The second kappa shape index (κ2) is 7.19. The molecule has 1 atom stereocenters. The largest absolute Gasteiger partial charge is 0.349 e. The highest BCUT2D eigenvalue weighted by Gasteiger charge is 2.12. The van der Waals surface area contributed by atoms with Gasteiger partial charge in [-0.2, -0.15) is 0 Å². The van der Waals surface area contributed by atoms with Gasteiger partial charge in [0.05, 0.1) is 17.2 Å². The van der Waals surface area contributed by atoms with Gasteiger partial charge in [-0.25, -0.2) is 4.98 Å². The number of aromatic nitrogens is 2. The lowest BCUT2D eigenvalue weighted by Crippen LogP contribution is -2.28. The molecule has 0 spiro atoms. The van der Waals surface area contributed by atoms with Crippen molar-refractivity contribution < 1.29 is 4.79 Å². The maximum atomic E-state index is 12.1. The molecule has 2 heterocycles. The lowest BCUT2D eigenvalue weighted by Gasteiger charge is -2.13. The lowest BCUT2D eigenvalue weighted by atomic mass is 10.1. The van der Waals surface area contributed by atoms with Crippen molar-refractivity contribution in [2.24, 2.45) is 0 Å². The van der Waals surface area contributed by atoms with Gasteiger partial charge < -0.3 is 10.3 Å². The summed E-state index contributed by atoms with van der Waals surface area (Å²) in [6.07, 6.45) is 0. The number of thioether (sulfide) groups is 1. The van der Waals surface area contributed by atoms with E-state index in [4.69, 9.17) is 0 Å². The highest BCUT2D eigenvalue weighted by molar-refractivity contribution is 7.99. The first-order valence-corrected chi connectivity index (χ1v) is 9.36.